The van der Waals surface area contributed by atoms with E-state index < -0.39 is 0 Å². The van der Waals surface area contributed by atoms with Crippen LogP contribution in [0, 0.1) is 0 Å². The van der Waals surface area contributed by atoms with Crippen LogP contribution in [0.5, 0.6) is 0 Å². The zero-order valence-electron chi connectivity index (χ0n) is 26.4. The number of rotatable bonds is 3. The number of hydrogen-bond acceptors (Lipinski definition) is 2. The van der Waals surface area contributed by atoms with Crippen LogP contribution < -0.4 is 0 Å². The zero-order valence-corrected chi connectivity index (χ0v) is 26.4. The van der Waals surface area contributed by atoms with E-state index in [0.29, 0.717) is 0 Å². The standard InChI is InChI=1S/C46H27N3/c1-3-17-36-33(14-1)34-15-2-4-18-37(34)45-44(36)47-27-41(48-45)32-13-8-12-30(25-32)28-10-7-11-29(24-28)31-22-23-43-40(26-31)39-20-9-19-38-35-16-5-6-21-42(35)49(43)46(38)39/h1-27H. The molecule has 0 N–H and O–H groups in total. The van der Waals surface area contributed by atoms with Crippen LogP contribution in [-0.2, 0) is 0 Å². The molecule has 11 aromatic rings. The fraction of sp³-hybridized carbons (Fsp3) is 0. The zero-order chi connectivity index (χ0) is 32.1. The first-order valence-corrected chi connectivity index (χ1v) is 16.7. The van der Waals surface area contributed by atoms with Crippen LogP contribution in [0.3, 0.4) is 0 Å². The van der Waals surface area contributed by atoms with E-state index in [2.05, 4.69) is 162 Å². The Morgan fingerprint density at radius 3 is 1.59 bits per heavy atom. The summed E-state index contributed by atoms with van der Waals surface area (Å²) in [6.07, 6.45) is 1.92. The van der Waals surface area contributed by atoms with E-state index >= 15 is 0 Å². The highest BCUT2D eigenvalue weighted by Crippen LogP contribution is 2.41. The summed E-state index contributed by atoms with van der Waals surface area (Å²) in [7, 11) is 0. The molecule has 8 aromatic carbocycles. The van der Waals surface area contributed by atoms with E-state index in [1.165, 1.54) is 65.6 Å². The molecule has 3 heterocycles. The van der Waals surface area contributed by atoms with Crippen LogP contribution in [0.25, 0.3) is 104 Å². The Balaban J connectivity index is 1.02. The van der Waals surface area contributed by atoms with E-state index in [9.17, 15) is 0 Å². The summed E-state index contributed by atoms with van der Waals surface area (Å²) < 4.78 is 2.43. The first kappa shape index (κ1) is 26.5. The fourth-order valence-corrected chi connectivity index (χ4v) is 8.11. The van der Waals surface area contributed by atoms with Gasteiger partial charge in [0.15, 0.2) is 0 Å². The molecule has 0 radical (unpaired) electrons. The lowest BCUT2D eigenvalue weighted by molar-refractivity contribution is 1.31. The third kappa shape index (κ3) is 3.78. The molecule has 3 nitrogen and oxygen atoms in total. The lowest BCUT2D eigenvalue weighted by Gasteiger charge is -2.11. The van der Waals surface area contributed by atoms with Gasteiger partial charge in [-0.25, -0.2) is 4.98 Å². The Morgan fingerprint density at radius 1 is 0.347 bits per heavy atom. The van der Waals surface area contributed by atoms with Crippen LogP contribution in [0.4, 0.5) is 0 Å². The number of hydrogen-bond donors (Lipinski definition) is 0. The third-order valence-corrected chi connectivity index (χ3v) is 10.3. The van der Waals surface area contributed by atoms with E-state index in [1.807, 2.05) is 6.20 Å². The SMILES string of the molecule is c1cc(-c2cccc(-c3cnc4c5ccccc5c5ccccc5c4n3)c2)cc(-c2ccc3c(c2)c2cccc4c5ccccc5n3c42)c1. The maximum absolute atomic E-state index is 5.24. The van der Waals surface area contributed by atoms with Crippen LogP contribution in [-0.4, -0.2) is 14.4 Å². The summed E-state index contributed by atoms with van der Waals surface area (Å²) in [5.74, 6) is 0. The highest BCUT2D eigenvalue weighted by atomic mass is 14.9. The van der Waals surface area contributed by atoms with Crippen LogP contribution >= 0.6 is 0 Å². The van der Waals surface area contributed by atoms with E-state index in [4.69, 9.17) is 9.97 Å². The molecule has 49 heavy (non-hydrogen) atoms. The number of nitrogens with zero attached hydrogens (tertiary/aromatic N) is 3. The van der Waals surface area contributed by atoms with Gasteiger partial charge in [-0.05, 0) is 63.4 Å². The molecule has 3 heteroatoms. The predicted octanol–water partition coefficient (Wildman–Crippen LogP) is 12.1. The largest absolute Gasteiger partial charge is 0.308 e. The van der Waals surface area contributed by atoms with E-state index in [0.717, 1.165) is 38.6 Å². The second-order valence-electron chi connectivity index (χ2n) is 13.0. The van der Waals surface area contributed by atoms with Gasteiger partial charge in [-0.15, -0.1) is 0 Å². The van der Waals surface area contributed by atoms with Crippen molar-refractivity contribution in [2.24, 2.45) is 0 Å². The molecule has 0 fully saturated rings. The molecule has 0 saturated carbocycles. The lowest BCUT2D eigenvalue weighted by Crippen LogP contribution is -1.92. The molecule has 0 aliphatic heterocycles. The van der Waals surface area contributed by atoms with E-state index in [-0.39, 0.29) is 0 Å². The van der Waals surface area contributed by atoms with Crippen LogP contribution in [0.1, 0.15) is 0 Å². The Labute approximate surface area is 281 Å². The molecule has 0 aliphatic rings. The molecule has 11 rings (SSSR count). The van der Waals surface area contributed by atoms with E-state index in [1.54, 1.807) is 0 Å². The van der Waals surface area contributed by atoms with Crippen molar-refractivity contribution in [1.82, 2.24) is 14.4 Å². The topological polar surface area (TPSA) is 30.2 Å². The number of aromatic nitrogens is 3. The van der Waals surface area contributed by atoms with Gasteiger partial charge in [0.1, 0.15) is 0 Å². The molecule has 0 saturated heterocycles. The second-order valence-corrected chi connectivity index (χ2v) is 13.0. The Hall–Kier alpha value is -6.58. The Bertz CT molecular complexity index is 3080. The maximum atomic E-state index is 5.24. The maximum Gasteiger partial charge on any atom is 0.0979 e. The molecule has 0 amide bonds. The molecule has 0 spiro atoms. The summed E-state index contributed by atoms with van der Waals surface area (Å²) in [5.41, 5.74) is 12.3. The van der Waals surface area contributed by atoms with Gasteiger partial charge in [0.2, 0.25) is 0 Å². The van der Waals surface area contributed by atoms with Gasteiger partial charge in [-0.1, -0.05) is 127 Å². The van der Waals surface area contributed by atoms with Crippen LogP contribution in [0.2, 0.25) is 0 Å². The highest BCUT2D eigenvalue weighted by molar-refractivity contribution is 6.24. The van der Waals surface area contributed by atoms with Gasteiger partial charge < -0.3 is 4.40 Å². The van der Waals surface area contributed by atoms with Crippen LogP contribution in [0.15, 0.2) is 164 Å². The smallest absolute Gasteiger partial charge is 0.0979 e. The second kappa shape index (κ2) is 9.96. The summed E-state index contributed by atoms with van der Waals surface area (Å²) >= 11 is 0. The summed E-state index contributed by atoms with van der Waals surface area (Å²) in [6.45, 7) is 0. The van der Waals surface area contributed by atoms with Gasteiger partial charge in [0.25, 0.3) is 0 Å². The lowest BCUT2D eigenvalue weighted by atomic mass is 9.96. The van der Waals surface area contributed by atoms with Crippen molar-refractivity contribution < 1.29 is 0 Å². The first-order chi connectivity index (χ1) is 24.3. The fourth-order valence-electron chi connectivity index (χ4n) is 8.11. The van der Waals surface area contributed by atoms with Crippen molar-refractivity contribution in [1.29, 1.82) is 0 Å². The van der Waals surface area contributed by atoms with Crippen molar-refractivity contribution in [2.75, 3.05) is 0 Å². The number of benzene rings is 8. The minimum absolute atomic E-state index is 0.871. The van der Waals surface area contributed by atoms with Crippen molar-refractivity contribution in [3.8, 4) is 33.5 Å². The number of para-hydroxylation sites is 2. The monoisotopic (exact) mass is 621 g/mol. The van der Waals surface area contributed by atoms with Crippen molar-refractivity contribution in [3.05, 3.63) is 164 Å². The molecule has 0 aliphatic carbocycles. The van der Waals surface area contributed by atoms with Gasteiger partial charge in [-0.3, -0.25) is 4.98 Å². The first-order valence-electron chi connectivity index (χ1n) is 16.7. The predicted molar refractivity (Wildman–Crippen MR) is 206 cm³/mol. The molecular formula is C46H27N3. The highest BCUT2D eigenvalue weighted by Gasteiger charge is 2.18. The van der Waals surface area contributed by atoms with Gasteiger partial charge >= 0.3 is 0 Å². The normalized spacial score (nSPS) is 12.1. The van der Waals surface area contributed by atoms with Crippen molar-refractivity contribution in [3.63, 3.8) is 0 Å². The van der Waals surface area contributed by atoms with Gasteiger partial charge in [-0.2, -0.15) is 0 Å². The summed E-state index contributed by atoms with van der Waals surface area (Å²) in [6, 6.07) is 56.9. The number of fused-ring (bicyclic) bond motifs is 12. The quantitative estimate of drug-likeness (QED) is 0.184. The molecule has 0 unspecified atom stereocenters. The average Bonchev–Trinajstić information content (AvgIpc) is 3.70. The minimum atomic E-state index is 0.871. The summed E-state index contributed by atoms with van der Waals surface area (Å²) in [4.78, 5) is 10.2. The van der Waals surface area contributed by atoms with Gasteiger partial charge in [0.05, 0.1) is 39.5 Å². The summed E-state index contributed by atoms with van der Waals surface area (Å²) in [5, 5.41) is 9.86. The molecule has 3 aromatic heterocycles. The Morgan fingerprint density at radius 2 is 0.857 bits per heavy atom. The Kier molecular flexibility index (Phi) is 5.38. The average molecular weight is 622 g/mol. The molecule has 226 valence electrons. The third-order valence-electron chi connectivity index (χ3n) is 10.3. The van der Waals surface area contributed by atoms with Gasteiger partial charge in [0, 0.05) is 37.9 Å². The minimum Gasteiger partial charge on any atom is -0.308 e. The molecule has 0 bridgehead atoms. The molecule has 0 atom stereocenters. The van der Waals surface area contributed by atoms with Crippen molar-refractivity contribution in [2.45, 2.75) is 0 Å². The van der Waals surface area contributed by atoms with Crippen molar-refractivity contribution >= 4 is 70.7 Å². The molecular weight excluding hydrogens is 595 g/mol.